The molecule has 1 atom stereocenters. The van der Waals surface area contributed by atoms with E-state index in [1.807, 2.05) is 0 Å². The van der Waals surface area contributed by atoms with Gasteiger partial charge in [0.2, 0.25) is 5.88 Å². The average molecular weight is 332 g/mol. The largest absolute Gasteiger partial charge is 0.481 e. The lowest BCUT2D eigenvalue weighted by atomic mass is 9.90. The topological polar surface area (TPSA) is 79.7 Å². The number of nitrogens with zero attached hydrogens (tertiary/aromatic N) is 2. The molecular formula is C14H15F3N2O4. The van der Waals surface area contributed by atoms with Gasteiger partial charge in [-0.1, -0.05) is 0 Å². The summed E-state index contributed by atoms with van der Waals surface area (Å²) in [5, 5.41) is 9.16. The Morgan fingerprint density at radius 1 is 1.48 bits per heavy atom. The van der Waals surface area contributed by atoms with E-state index in [4.69, 9.17) is 5.11 Å². The van der Waals surface area contributed by atoms with Crippen molar-refractivity contribution in [3.05, 3.63) is 23.9 Å². The molecule has 0 radical (unpaired) electrons. The number of alkyl halides is 3. The molecule has 0 saturated carbocycles. The average Bonchev–Trinajstić information content (AvgIpc) is 2.88. The maximum atomic E-state index is 12.3. The molecule has 1 N–H and O–H groups in total. The van der Waals surface area contributed by atoms with E-state index in [2.05, 4.69) is 9.72 Å². The van der Waals surface area contributed by atoms with E-state index in [1.54, 1.807) is 6.92 Å². The molecule has 0 aliphatic carbocycles. The summed E-state index contributed by atoms with van der Waals surface area (Å²) >= 11 is 0. The highest BCUT2D eigenvalue weighted by molar-refractivity contribution is 5.95. The summed E-state index contributed by atoms with van der Waals surface area (Å²) in [4.78, 5) is 28.5. The minimum Gasteiger partial charge on any atom is -0.481 e. The van der Waals surface area contributed by atoms with Gasteiger partial charge in [-0.05, 0) is 19.4 Å². The first-order chi connectivity index (χ1) is 10.6. The molecule has 1 aromatic heterocycles. The van der Waals surface area contributed by atoms with Crippen LogP contribution < -0.4 is 4.74 Å². The third kappa shape index (κ3) is 4.11. The highest BCUT2D eigenvalue weighted by Gasteiger charge is 2.42. The molecule has 2 rings (SSSR count). The van der Waals surface area contributed by atoms with Crippen molar-refractivity contribution in [2.45, 2.75) is 19.5 Å². The number of carboxylic acids is 1. The van der Waals surface area contributed by atoms with E-state index in [-0.39, 0.29) is 24.5 Å². The van der Waals surface area contributed by atoms with Crippen LogP contribution in [0.25, 0.3) is 0 Å². The van der Waals surface area contributed by atoms with Crippen molar-refractivity contribution in [2.24, 2.45) is 5.41 Å². The van der Waals surface area contributed by atoms with Crippen molar-refractivity contribution in [2.75, 3.05) is 19.7 Å². The summed E-state index contributed by atoms with van der Waals surface area (Å²) in [6, 6.07) is 2.46. The third-order valence-corrected chi connectivity index (χ3v) is 3.64. The molecule has 0 spiro atoms. The molecule has 9 heteroatoms. The van der Waals surface area contributed by atoms with Crippen LogP contribution in [0.3, 0.4) is 0 Å². The molecule has 126 valence electrons. The zero-order valence-electron chi connectivity index (χ0n) is 12.3. The second-order valence-corrected chi connectivity index (χ2v) is 5.63. The number of carbonyl (C=O) groups excluding carboxylic acids is 1. The van der Waals surface area contributed by atoms with Crippen molar-refractivity contribution in [3.63, 3.8) is 0 Å². The minimum atomic E-state index is -4.50. The highest BCUT2D eigenvalue weighted by Crippen LogP contribution is 2.31. The fourth-order valence-corrected chi connectivity index (χ4v) is 2.27. The Hall–Kier alpha value is -2.32. The van der Waals surface area contributed by atoms with Crippen LogP contribution >= 0.6 is 0 Å². The number of pyridine rings is 1. The van der Waals surface area contributed by atoms with Crippen LogP contribution in [0.15, 0.2) is 18.3 Å². The minimum absolute atomic E-state index is 0.0439. The number of aliphatic carboxylic acids is 1. The van der Waals surface area contributed by atoms with Crippen LogP contribution in [0, 0.1) is 5.41 Å². The van der Waals surface area contributed by atoms with Gasteiger partial charge in [0.25, 0.3) is 5.91 Å². The molecular weight excluding hydrogens is 317 g/mol. The first-order valence-corrected chi connectivity index (χ1v) is 6.79. The van der Waals surface area contributed by atoms with Gasteiger partial charge in [0.15, 0.2) is 6.61 Å². The van der Waals surface area contributed by atoms with Crippen molar-refractivity contribution in [1.82, 2.24) is 9.88 Å². The summed E-state index contributed by atoms with van der Waals surface area (Å²) in [5.41, 5.74) is -0.912. The van der Waals surface area contributed by atoms with Gasteiger partial charge in [-0.2, -0.15) is 13.2 Å². The highest BCUT2D eigenvalue weighted by atomic mass is 19.4. The summed E-state index contributed by atoms with van der Waals surface area (Å²) < 4.78 is 40.9. The van der Waals surface area contributed by atoms with Gasteiger partial charge in [-0.25, -0.2) is 4.98 Å². The van der Waals surface area contributed by atoms with E-state index in [0.29, 0.717) is 6.42 Å². The van der Waals surface area contributed by atoms with Gasteiger partial charge >= 0.3 is 12.1 Å². The Morgan fingerprint density at radius 3 is 2.74 bits per heavy atom. The van der Waals surface area contributed by atoms with Crippen molar-refractivity contribution < 1.29 is 32.6 Å². The molecule has 1 saturated heterocycles. The van der Waals surface area contributed by atoms with Crippen molar-refractivity contribution in [1.29, 1.82) is 0 Å². The molecule has 0 aromatic carbocycles. The van der Waals surface area contributed by atoms with E-state index in [9.17, 15) is 22.8 Å². The standard InChI is InChI=1S/C14H15F3N2O4/c1-13(12(21)22)3-5-19(7-13)11(20)9-2-4-18-10(6-9)23-8-14(15,16)17/h2,4,6H,3,5,7-8H2,1H3,(H,21,22). The summed E-state index contributed by atoms with van der Waals surface area (Å²) in [7, 11) is 0. The first kappa shape index (κ1) is 17.0. The van der Waals surface area contributed by atoms with Gasteiger partial charge in [-0.3, -0.25) is 9.59 Å². The SMILES string of the molecule is CC1(C(=O)O)CCN(C(=O)c2ccnc(OCC(F)(F)F)c2)C1. The van der Waals surface area contributed by atoms with Gasteiger partial charge in [0.05, 0.1) is 5.41 Å². The maximum absolute atomic E-state index is 12.3. The van der Waals surface area contributed by atoms with Gasteiger partial charge in [0.1, 0.15) is 0 Å². The lowest BCUT2D eigenvalue weighted by molar-refractivity contribution is -0.154. The molecule has 2 heterocycles. The molecule has 1 unspecified atom stereocenters. The Morgan fingerprint density at radius 2 is 2.17 bits per heavy atom. The zero-order valence-corrected chi connectivity index (χ0v) is 12.3. The monoisotopic (exact) mass is 332 g/mol. The van der Waals surface area contributed by atoms with Crippen LogP contribution in [0.1, 0.15) is 23.7 Å². The molecule has 1 aliphatic heterocycles. The molecule has 1 aliphatic rings. The summed E-state index contributed by atoms with van der Waals surface area (Å²) in [6.45, 7) is 0.358. The van der Waals surface area contributed by atoms with Crippen LogP contribution in [-0.2, 0) is 4.79 Å². The molecule has 23 heavy (non-hydrogen) atoms. The van der Waals surface area contributed by atoms with Crippen molar-refractivity contribution >= 4 is 11.9 Å². The third-order valence-electron chi connectivity index (χ3n) is 3.64. The first-order valence-electron chi connectivity index (χ1n) is 6.79. The number of amides is 1. The number of hydrogen-bond donors (Lipinski definition) is 1. The predicted molar refractivity (Wildman–Crippen MR) is 72.1 cm³/mol. The Kier molecular flexibility index (Phi) is 4.49. The molecule has 1 aromatic rings. The van der Waals surface area contributed by atoms with E-state index < -0.39 is 30.1 Å². The van der Waals surface area contributed by atoms with E-state index >= 15 is 0 Å². The van der Waals surface area contributed by atoms with E-state index in [0.717, 1.165) is 6.07 Å². The quantitative estimate of drug-likeness (QED) is 0.912. The lowest BCUT2D eigenvalue weighted by Gasteiger charge is -2.20. The van der Waals surface area contributed by atoms with Gasteiger partial charge < -0.3 is 14.7 Å². The van der Waals surface area contributed by atoms with Crippen LogP contribution in [0.2, 0.25) is 0 Å². The number of rotatable bonds is 4. The van der Waals surface area contributed by atoms with Crippen LogP contribution in [0.4, 0.5) is 13.2 Å². The molecule has 1 amide bonds. The van der Waals surface area contributed by atoms with Gasteiger partial charge in [-0.15, -0.1) is 0 Å². The maximum Gasteiger partial charge on any atom is 0.422 e. The number of likely N-dealkylation sites (tertiary alicyclic amines) is 1. The normalized spacial score (nSPS) is 21.3. The summed E-state index contributed by atoms with van der Waals surface area (Å²) in [6.07, 6.45) is -3.01. The second kappa shape index (κ2) is 6.05. The zero-order chi connectivity index (χ0) is 17.3. The summed E-state index contributed by atoms with van der Waals surface area (Å²) in [5.74, 6) is -1.76. The smallest absolute Gasteiger partial charge is 0.422 e. The fraction of sp³-hybridized carbons (Fsp3) is 0.500. The lowest BCUT2D eigenvalue weighted by Crippen LogP contribution is -2.34. The number of halogens is 3. The van der Waals surface area contributed by atoms with Gasteiger partial charge in [0, 0.05) is 30.9 Å². The second-order valence-electron chi connectivity index (χ2n) is 5.63. The van der Waals surface area contributed by atoms with Crippen LogP contribution in [0.5, 0.6) is 5.88 Å². The molecule has 0 bridgehead atoms. The molecule has 1 fully saturated rings. The number of carboxylic acid groups (broad SMARTS) is 1. The number of hydrogen-bond acceptors (Lipinski definition) is 4. The Bertz CT molecular complexity index is 620. The predicted octanol–water partition coefficient (Wildman–Crippen LogP) is 1.96. The van der Waals surface area contributed by atoms with E-state index in [1.165, 1.54) is 17.2 Å². The molecule has 6 nitrogen and oxygen atoms in total. The number of carbonyl (C=O) groups is 2. The Labute approximate surface area is 129 Å². The number of aromatic nitrogens is 1. The van der Waals surface area contributed by atoms with Crippen LogP contribution in [-0.4, -0.2) is 52.7 Å². The van der Waals surface area contributed by atoms with Crippen molar-refractivity contribution in [3.8, 4) is 5.88 Å². The number of ether oxygens (including phenoxy) is 1. The fourth-order valence-electron chi connectivity index (χ4n) is 2.27. The Balaban J connectivity index is 2.07.